The molecule has 0 amide bonds. The molecule has 1 rings (SSSR count). The Morgan fingerprint density at radius 1 is 1.00 bits per heavy atom. The molecule has 0 radical (unpaired) electrons. The van der Waals surface area contributed by atoms with Crippen LogP contribution in [0.15, 0.2) is 30.6 Å². The molecule has 0 unspecified atom stereocenters. The highest BCUT2D eigenvalue weighted by molar-refractivity contribution is 8.93. The van der Waals surface area contributed by atoms with Crippen LogP contribution in [0.4, 0.5) is 0 Å². The molecule has 0 aliphatic heterocycles. The summed E-state index contributed by atoms with van der Waals surface area (Å²) in [5.74, 6) is 0. The Balaban J connectivity index is -0.000000403. The summed E-state index contributed by atoms with van der Waals surface area (Å²) in [7, 11) is 1.73. The molecule has 0 aliphatic rings. The molecule has 5 heteroatoms. The van der Waals surface area contributed by atoms with E-state index in [1.165, 1.54) is 0 Å². The summed E-state index contributed by atoms with van der Waals surface area (Å²) in [6.45, 7) is 1.87. The highest BCUT2D eigenvalue weighted by atomic mass is 79.9. The van der Waals surface area contributed by atoms with Crippen LogP contribution >= 0.6 is 50.9 Å². The number of hydrogen-bond acceptors (Lipinski definition) is 1. The average Bonchev–Trinajstić information content (AvgIpc) is 2.07. The largest absolute Gasteiger partial charge is 0.384 e. The zero-order valence-electron chi connectivity index (χ0n) is 8.09. The van der Waals surface area contributed by atoms with Gasteiger partial charge < -0.3 is 4.74 Å². The van der Waals surface area contributed by atoms with Gasteiger partial charge in [-0.1, -0.05) is 6.07 Å². The van der Waals surface area contributed by atoms with Crippen LogP contribution in [0.5, 0.6) is 0 Å². The number of nitrogens with zero attached hydrogens (tertiary/aromatic N) is 1. The van der Waals surface area contributed by atoms with Gasteiger partial charge in [0.15, 0.2) is 18.9 Å². The van der Waals surface area contributed by atoms with Crippen molar-refractivity contribution in [2.75, 3.05) is 13.7 Å². The van der Waals surface area contributed by atoms with Gasteiger partial charge in [0.25, 0.3) is 0 Å². The van der Waals surface area contributed by atoms with E-state index in [1.54, 1.807) is 7.11 Å². The molecule has 0 aliphatic carbocycles. The number of methoxy groups -OCH3 is 1. The van der Waals surface area contributed by atoms with Crippen molar-refractivity contribution in [3.8, 4) is 0 Å². The topological polar surface area (TPSA) is 13.1 Å². The Morgan fingerprint density at radius 2 is 1.57 bits per heavy atom. The second kappa shape index (κ2) is 13.5. The number of aromatic nitrogens is 1. The van der Waals surface area contributed by atoms with Crippen LogP contribution < -0.4 is 4.57 Å². The number of pyridine rings is 1. The third-order valence-electron chi connectivity index (χ3n) is 1.54. The van der Waals surface area contributed by atoms with Gasteiger partial charge in [0.1, 0.15) is 0 Å². The summed E-state index contributed by atoms with van der Waals surface area (Å²) in [5, 5.41) is 0. The first-order valence-electron chi connectivity index (χ1n) is 3.86. The maximum atomic E-state index is 4.95. The van der Waals surface area contributed by atoms with E-state index >= 15 is 0 Å². The van der Waals surface area contributed by atoms with Crippen LogP contribution in [-0.2, 0) is 11.3 Å². The van der Waals surface area contributed by atoms with Crippen molar-refractivity contribution >= 4 is 50.9 Å². The van der Waals surface area contributed by atoms with E-state index in [0.717, 1.165) is 19.6 Å². The van der Waals surface area contributed by atoms with Crippen LogP contribution in [0.3, 0.4) is 0 Å². The Bertz CT molecular complexity index is 197. The molecular formula is C9H17Br3NO+. The second-order valence-corrected chi connectivity index (χ2v) is 2.46. The standard InChI is InChI=1S/C9H14NO.3BrH/c1-11-9-5-8-10-6-3-2-4-7-10;;;/h2-4,6-7H,5,8-9H2,1H3;3*1H/q+1;;;. The Hall–Kier alpha value is 0.550. The van der Waals surface area contributed by atoms with Crippen molar-refractivity contribution in [3.05, 3.63) is 30.6 Å². The smallest absolute Gasteiger partial charge is 0.168 e. The Kier molecular flexibility index (Phi) is 19.4. The van der Waals surface area contributed by atoms with Gasteiger partial charge in [-0.15, -0.1) is 50.9 Å². The number of ether oxygens (including phenoxy) is 1. The van der Waals surface area contributed by atoms with Gasteiger partial charge in [-0.2, -0.15) is 0 Å². The predicted octanol–water partition coefficient (Wildman–Crippen LogP) is 2.74. The minimum Gasteiger partial charge on any atom is -0.384 e. The number of hydrogen-bond donors (Lipinski definition) is 0. The number of halogens is 3. The van der Waals surface area contributed by atoms with Gasteiger partial charge in [-0.05, 0) is 0 Å². The third kappa shape index (κ3) is 9.12. The van der Waals surface area contributed by atoms with Crippen molar-refractivity contribution < 1.29 is 9.30 Å². The van der Waals surface area contributed by atoms with E-state index in [9.17, 15) is 0 Å². The molecule has 0 N–H and O–H groups in total. The van der Waals surface area contributed by atoms with E-state index in [4.69, 9.17) is 4.74 Å². The van der Waals surface area contributed by atoms with Crippen molar-refractivity contribution in [1.29, 1.82) is 0 Å². The molecule has 0 saturated carbocycles. The van der Waals surface area contributed by atoms with Crippen LogP contribution in [0.25, 0.3) is 0 Å². The third-order valence-corrected chi connectivity index (χ3v) is 1.54. The molecule has 2 nitrogen and oxygen atoms in total. The van der Waals surface area contributed by atoms with E-state index in [1.807, 2.05) is 18.2 Å². The molecule has 0 aromatic carbocycles. The quantitative estimate of drug-likeness (QED) is 0.565. The Morgan fingerprint density at radius 3 is 2.07 bits per heavy atom. The van der Waals surface area contributed by atoms with Gasteiger partial charge in [-0.25, -0.2) is 4.57 Å². The summed E-state index contributed by atoms with van der Waals surface area (Å²) in [6.07, 6.45) is 5.20. The zero-order chi connectivity index (χ0) is 7.94. The summed E-state index contributed by atoms with van der Waals surface area (Å²) in [4.78, 5) is 0. The first kappa shape index (κ1) is 20.0. The SMILES string of the molecule is Br.Br.Br.COCCC[n+]1ccccc1. The van der Waals surface area contributed by atoms with Gasteiger partial charge >= 0.3 is 0 Å². The van der Waals surface area contributed by atoms with Crippen LogP contribution in [0.2, 0.25) is 0 Å². The van der Waals surface area contributed by atoms with Gasteiger partial charge in [-0.3, -0.25) is 0 Å². The number of aryl methyl sites for hydroxylation is 1. The minimum atomic E-state index is 0. The first-order chi connectivity index (χ1) is 5.43. The molecule has 1 heterocycles. The molecule has 0 fully saturated rings. The van der Waals surface area contributed by atoms with Crippen LogP contribution in [-0.4, -0.2) is 13.7 Å². The van der Waals surface area contributed by atoms with E-state index in [-0.39, 0.29) is 50.9 Å². The van der Waals surface area contributed by atoms with Crippen LogP contribution in [0.1, 0.15) is 6.42 Å². The van der Waals surface area contributed by atoms with E-state index < -0.39 is 0 Å². The molecule has 14 heavy (non-hydrogen) atoms. The summed E-state index contributed by atoms with van der Waals surface area (Å²) >= 11 is 0. The second-order valence-electron chi connectivity index (χ2n) is 2.46. The maximum absolute atomic E-state index is 4.95. The van der Waals surface area contributed by atoms with Gasteiger partial charge in [0, 0.05) is 25.7 Å². The molecule has 0 bridgehead atoms. The van der Waals surface area contributed by atoms with Gasteiger partial charge in [0.2, 0.25) is 0 Å². The lowest BCUT2D eigenvalue weighted by Gasteiger charge is -1.94. The monoisotopic (exact) mass is 392 g/mol. The average molecular weight is 395 g/mol. The van der Waals surface area contributed by atoms with Crippen molar-refractivity contribution in [2.24, 2.45) is 0 Å². The highest BCUT2D eigenvalue weighted by Gasteiger charge is 1.95. The summed E-state index contributed by atoms with van der Waals surface area (Å²) in [5.41, 5.74) is 0. The number of rotatable bonds is 4. The summed E-state index contributed by atoms with van der Waals surface area (Å²) < 4.78 is 7.10. The fourth-order valence-electron chi connectivity index (χ4n) is 0.975. The van der Waals surface area contributed by atoms with E-state index in [0.29, 0.717) is 0 Å². The molecule has 1 aromatic rings. The van der Waals surface area contributed by atoms with Gasteiger partial charge in [0.05, 0.1) is 6.61 Å². The molecule has 0 saturated heterocycles. The highest BCUT2D eigenvalue weighted by Crippen LogP contribution is 1.81. The molecular weight excluding hydrogens is 378 g/mol. The lowest BCUT2D eigenvalue weighted by molar-refractivity contribution is -0.697. The lowest BCUT2D eigenvalue weighted by atomic mass is 10.4. The maximum Gasteiger partial charge on any atom is 0.168 e. The molecule has 1 aromatic heterocycles. The molecule has 0 spiro atoms. The molecule has 0 atom stereocenters. The fourth-order valence-corrected chi connectivity index (χ4v) is 0.975. The van der Waals surface area contributed by atoms with Crippen LogP contribution in [0, 0.1) is 0 Å². The first-order valence-corrected chi connectivity index (χ1v) is 3.86. The normalized spacial score (nSPS) is 7.79. The zero-order valence-corrected chi connectivity index (χ0v) is 13.2. The Labute approximate surface area is 117 Å². The van der Waals surface area contributed by atoms with Crippen molar-refractivity contribution in [1.82, 2.24) is 0 Å². The molecule has 84 valence electrons. The fraction of sp³-hybridized carbons (Fsp3) is 0.444. The predicted molar refractivity (Wildman–Crippen MR) is 74.1 cm³/mol. The minimum absolute atomic E-state index is 0. The van der Waals surface area contributed by atoms with E-state index in [2.05, 4.69) is 17.0 Å². The van der Waals surface area contributed by atoms with Crippen molar-refractivity contribution in [2.45, 2.75) is 13.0 Å². The lowest BCUT2D eigenvalue weighted by Crippen LogP contribution is -2.32. The summed E-state index contributed by atoms with van der Waals surface area (Å²) in [6, 6.07) is 6.09. The van der Waals surface area contributed by atoms with Crippen molar-refractivity contribution in [3.63, 3.8) is 0 Å².